The van der Waals surface area contributed by atoms with E-state index in [4.69, 9.17) is 15.2 Å². The topological polar surface area (TPSA) is 90.6 Å². The van der Waals surface area contributed by atoms with Crippen molar-refractivity contribution in [1.29, 1.82) is 0 Å². The average Bonchev–Trinajstić information content (AvgIpc) is 2.36. The maximum Gasteiger partial charge on any atom is 0.390 e. The Bertz CT molecular complexity index is 602. The lowest BCUT2D eigenvalue weighted by molar-refractivity contribution is -0.132. The molecular formula is C11H15F3N2O4S. The lowest BCUT2D eigenvalue weighted by Crippen LogP contribution is -2.28. The van der Waals surface area contributed by atoms with Gasteiger partial charge in [-0.1, -0.05) is 0 Å². The number of benzene rings is 1. The number of alkyl halides is 3. The Morgan fingerprint density at radius 1 is 1.19 bits per heavy atom. The highest BCUT2D eigenvalue weighted by atomic mass is 32.2. The van der Waals surface area contributed by atoms with Crippen molar-refractivity contribution >= 4 is 15.7 Å². The smallest absolute Gasteiger partial charge is 0.390 e. The molecule has 0 amide bonds. The van der Waals surface area contributed by atoms with Crippen molar-refractivity contribution in [1.82, 2.24) is 4.72 Å². The number of methoxy groups -OCH3 is 2. The monoisotopic (exact) mass is 328 g/mol. The zero-order valence-electron chi connectivity index (χ0n) is 11.3. The van der Waals surface area contributed by atoms with Gasteiger partial charge < -0.3 is 15.2 Å². The van der Waals surface area contributed by atoms with Gasteiger partial charge >= 0.3 is 6.18 Å². The molecule has 0 spiro atoms. The van der Waals surface area contributed by atoms with Gasteiger partial charge in [0.25, 0.3) is 0 Å². The van der Waals surface area contributed by atoms with Crippen molar-refractivity contribution in [3.8, 4) is 11.5 Å². The molecule has 0 aromatic heterocycles. The molecule has 0 aliphatic carbocycles. The summed E-state index contributed by atoms with van der Waals surface area (Å²) in [5, 5.41) is 0. The second kappa shape index (κ2) is 6.39. The number of nitrogen functional groups attached to an aromatic ring is 1. The van der Waals surface area contributed by atoms with Gasteiger partial charge in [0, 0.05) is 12.6 Å². The largest absolute Gasteiger partial charge is 0.495 e. The van der Waals surface area contributed by atoms with Gasteiger partial charge in [0.05, 0.1) is 26.3 Å². The van der Waals surface area contributed by atoms with E-state index < -0.39 is 29.2 Å². The fraction of sp³-hybridized carbons (Fsp3) is 0.455. The van der Waals surface area contributed by atoms with Gasteiger partial charge in [-0.15, -0.1) is 0 Å². The zero-order chi connectivity index (χ0) is 16.3. The molecule has 0 atom stereocenters. The quantitative estimate of drug-likeness (QED) is 0.773. The first-order chi connectivity index (χ1) is 9.60. The first kappa shape index (κ1) is 17.4. The molecule has 3 N–H and O–H groups in total. The van der Waals surface area contributed by atoms with Crippen LogP contribution in [-0.2, 0) is 10.0 Å². The summed E-state index contributed by atoms with van der Waals surface area (Å²) in [7, 11) is -1.63. The molecule has 1 rings (SSSR count). The molecule has 0 radical (unpaired) electrons. The third-order valence-electron chi connectivity index (χ3n) is 2.51. The van der Waals surface area contributed by atoms with E-state index >= 15 is 0 Å². The molecule has 0 fully saturated rings. The highest BCUT2D eigenvalue weighted by Gasteiger charge is 2.28. The Labute approximate surface area is 120 Å². The van der Waals surface area contributed by atoms with E-state index in [0.29, 0.717) is 0 Å². The number of nitrogens with two attached hydrogens (primary N) is 1. The molecule has 0 saturated carbocycles. The van der Waals surface area contributed by atoms with Crippen LogP contribution in [0.15, 0.2) is 17.0 Å². The second-order valence-corrected chi connectivity index (χ2v) is 5.74. The minimum Gasteiger partial charge on any atom is -0.495 e. The summed E-state index contributed by atoms with van der Waals surface area (Å²) < 4.78 is 71.8. The maximum atomic E-state index is 12.0. The van der Waals surface area contributed by atoms with Gasteiger partial charge in [0.2, 0.25) is 10.0 Å². The molecule has 0 bridgehead atoms. The molecule has 120 valence electrons. The molecule has 10 heteroatoms. The molecule has 1 aromatic rings. The number of ether oxygens (including phenoxy) is 2. The Kier molecular flexibility index (Phi) is 5.29. The summed E-state index contributed by atoms with van der Waals surface area (Å²) in [5.41, 5.74) is 5.62. The molecule has 0 aliphatic heterocycles. The van der Waals surface area contributed by atoms with Gasteiger partial charge in [0.1, 0.15) is 16.4 Å². The van der Waals surface area contributed by atoms with Gasteiger partial charge in [-0.3, -0.25) is 0 Å². The molecule has 0 aliphatic rings. The van der Waals surface area contributed by atoms with Crippen molar-refractivity contribution in [3.63, 3.8) is 0 Å². The number of halogens is 3. The molecule has 0 unspecified atom stereocenters. The Morgan fingerprint density at radius 2 is 1.76 bits per heavy atom. The van der Waals surface area contributed by atoms with E-state index in [2.05, 4.69) is 0 Å². The number of hydrogen-bond acceptors (Lipinski definition) is 5. The summed E-state index contributed by atoms with van der Waals surface area (Å²) in [6.07, 6.45) is -5.73. The average molecular weight is 328 g/mol. The molecule has 0 saturated heterocycles. The van der Waals surface area contributed by atoms with Crippen LogP contribution in [0.2, 0.25) is 0 Å². The summed E-state index contributed by atoms with van der Waals surface area (Å²) in [4.78, 5) is -0.356. The van der Waals surface area contributed by atoms with Crippen LogP contribution in [0.5, 0.6) is 11.5 Å². The van der Waals surface area contributed by atoms with Gasteiger partial charge in [-0.25, -0.2) is 13.1 Å². The van der Waals surface area contributed by atoms with Crippen LogP contribution in [0.25, 0.3) is 0 Å². The van der Waals surface area contributed by atoms with Crippen LogP contribution in [0.3, 0.4) is 0 Å². The number of anilines is 1. The summed E-state index contributed by atoms with van der Waals surface area (Å²) in [6, 6.07) is 2.31. The zero-order valence-corrected chi connectivity index (χ0v) is 12.1. The molecule has 1 aromatic carbocycles. The predicted molar refractivity (Wildman–Crippen MR) is 69.8 cm³/mol. The van der Waals surface area contributed by atoms with Crippen molar-refractivity contribution in [3.05, 3.63) is 12.1 Å². The Hall–Kier alpha value is -1.68. The van der Waals surface area contributed by atoms with Crippen molar-refractivity contribution in [2.45, 2.75) is 17.5 Å². The van der Waals surface area contributed by atoms with Gasteiger partial charge in [-0.2, -0.15) is 13.2 Å². The van der Waals surface area contributed by atoms with Gasteiger partial charge in [-0.05, 0) is 6.07 Å². The molecule has 6 nitrogen and oxygen atoms in total. The van der Waals surface area contributed by atoms with Crippen LogP contribution >= 0.6 is 0 Å². The van der Waals surface area contributed by atoms with E-state index in [0.717, 1.165) is 6.07 Å². The first-order valence-electron chi connectivity index (χ1n) is 5.68. The normalized spacial score (nSPS) is 12.2. The molecule has 0 heterocycles. The Morgan fingerprint density at radius 3 is 2.24 bits per heavy atom. The molecule has 21 heavy (non-hydrogen) atoms. The van der Waals surface area contributed by atoms with Crippen molar-refractivity contribution in [2.24, 2.45) is 0 Å². The second-order valence-electron chi connectivity index (χ2n) is 4.01. The number of sulfonamides is 1. The minimum absolute atomic E-state index is 0.0227. The third kappa shape index (κ3) is 4.67. The van der Waals surface area contributed by atoms with Gasteiger partial charge in [0.15, 0.2) is 0 Å². The SMILES string of the molecule is COc1cc(OC)c(S(=O)(=O)NCCC(F)(F)F)cc1N. The summed E-state index contributed by atoms with van der Waals surface area (Å²) in [5.74, 6) is 0.113. The van der Waals surface area contributed by atoms with Crippen LogP contribution < -0.4 is 19.9 Å². The first-order valence-corrected chi connectivity index (χ1v) is 7.17. The fourth-order valence-corrected chi connectivity index (χ4v) is 2.72. The van der Waals surface area contributed by atoms with Crippen molar-refractivity contribution < 1.29 is 31.1 Å². The van der Waals surface area contributed by atoms with Crippen LogP contribution in [-0.4, -0.2) is 35.4 Å². The van der Waals surface area contributed by atoms with E-state index in [9.17, 15) is 21.6 Å². The third-order valence-corrected chi connectivity index (χ3v) is 3.99. The number of nitrogens with one attached hydrogen (secondary N) is 1. The highest BCUT2D eigenvalue weighted by Crippen LogP contribution is 2.33. The van der Waals surface area contributed by atoms with Crippen LogP contribution in [0, 0.1) is 0 Å². The van der Waals surface area contributed by atoms with Crippen LogP contribution in [0.1, 0.15) is 6.42 Å². The summed E-state index contributed by atoms with van der Waals surface area (Å²) in [6.45, 7) is -0.777. The number of hydrogen-bond donors (Lipinski definition) is 2. The lowest BCUT2D eigenvalue weighted by atomic mass is 10.3. The fourth-order valence-electron chi connectivity index (χ4n) is 1.51. The van der Waals surface area contributed by atoms with E-state index in [-0.39, 0.29) is 22.1 Å². The predicted octanol–water partition coefficient (Wildman–Crippen LogP) is 1.52. The number of rotatable bonds is 6. The summed E-state index contributed by atoms with van der Waals surface area (Å²) >= 11 is 0. The Balaban J connectivity index is 3.05. The standard InChI is InChI=1S/C11H15F3N2O4S/c1-19-8-6-9(20-2)10(5-7(8)15)21(17,18)16-4-3-11(12,13)14/h5-6,16H,3-4,15H2,1-2H3. The van der Waals surface area contributed by atoms with E-state index in [1.54, 1.807) is 0 Å². The highest BCUT2D eigenvalue weighted by molar-refractivity contribution is 7.89. The van der Waals surface area contributed by atoms with Crippen molar-refractivity contribution in [2.75, 3.05) is 26.5 Å². The molecular weight excluding hydrogens is 313 g/mol. The minimum atomic E-state index is -4.45. The van der Waals surface area contributed by atoms with E-state index in [1.165, 1.54) is 20.3 Å². The van der Waals surface area contributed by atoms with Crippen LogP contribution in [0.4, 0.5) is 18.9 Å². The maximum absolute atomic E-state index is 12.0. The van der Waals surface area contributed by atoms with E-state index in [1.807, 2.05) is 4.72 Å². The lowest BCUT2D eigenvalue weighted by Gasteiger charge is -2.14.